The predicted molar refractivity (Wildman–Crippen MR) is 75.8 cm³/mol. The standard InChI is InChI=1S/C15H14F3N3O3/c16-15(17,18)10-3-1-2-9(4-10)5-12(22)20-7-11(8-20)21-13(23)6-19-14(21)24/h1-4,11H,5-8H2,(H,19,24). The maximum atomic E-state index is 12.7. The molecule has 0 unspecified atom stereocenters. The zero-order chi connectivity index (χ0) is 17.5. The SMILES string of the molecule is O=C(Cc1cccc(C(F)(F)F)c1)N1CC(N2C(=O)CNC2=O)C1. The van der Waals surface area contributed by atoms with Crippen LogP contribution in [-0.2, 0) is 22.2 Å². The molecule has 2 fully saturated rings. The lowest BCUT2D eigenvalue weighted by atomic mass is 10.0. The van der Waals surface area contributed by atoms with E-state index in [1.807, 2.05) is 0 Å². The van der Waals surface area contributed by atoms with Crippen molar-refractivity contribution in [3.05, 3.63) is 35.4 Å². The Morgan fingerprint density at radius 3 is 2.54 bits per heavy atom. The molecular formula is C15H14F3N3O3. The van der Waals surface area contributed by atoms with Crippen molar-refractivity contribution in [3.8, 4) is 0 Å². The molecule has 0 atom stereocenters. The third-order valence-electron chi connectivity index (χ3n) is 4.07. The van der Waals surface area contributed by atoms with E-state index in [9.17, 15) is 27.6 Å². The number of imide groups is 1. The molecule has 128 valence electrons. The first-order chi connectivity index (χ1) is 11.3. The van der Waals surface area contributed by atoms with Gasteiger partial charge in [0.15, 0.2) is 0 Å². The second-order valence-electron chi connectivity index (χ2n) is 5.75. The maximum Gasteiger partial charge on any atom is 0.416 e. The van der Waals surface area contributed by atoms with E-state index in [0.29, 0.717) is 0 Å². The molecule has 4 amide bonds. The van der Waals surface area contributed by atoms with Gasteiger partial charge in [0, 0.05) is 13.1 Å². The molecule has 1 aromatic carbocycles. The van der Waals surface area contributed by atoms with Crippen LogP contribution in [0.15, 0.2) is 24.3 Å². The van der Waals surface area contributed by atoms with Gasteiger partial charge >= 0.3 is 12.2 Å². The fourth-order valence-corrected chi connectivity index (χ4v) is 2.77. The number of likely N-dealkylation sites (tertiary alicyclic amines) is 1. The monoisotopic (exact) mass is 341 g/mol. The van der Waals surface area contributed by atoms with Gasteiger partial charge in [-0.2, -0.15) is 13.2 Å². The zero-order valence-electron chi connectivity index (χ0n) is 12.5. The van der Waals surface area contributed by atoms with Crippen LogP contribution in [0.3, 0.4) is 0 Å². The Morgan fingerprint density at radius 2 is 1.96 bits per heavy atom. The molecule has 2 aliphatic heterocycles. The maximum absolute atomic E-state index is 12.7. The number of alkyl halides is 3. The summed E-state index contributed by atoms with van der Waals surface area (Å²) in [5, 5.41) is 2.40. The third-order valence-corrected chi connectivity index (χ3v) is 4.07. The van der Waals surface area contributed by atoms with E-state index in [1.54, 1.807) is 0 Å². The molecule has 0 radical (unpaired) electrons. The van der Waals surface area contributed by atoms with Crippen LogP contribution >= 0.6 is 0 Å². The Kier molecular flexibility index (Phi) is 3.94. The van der Waals surface area contributed by atoms with Crippen LogP contribution in [0.1, 0.15) is 11.1 Å². The van der Waals surface area contributed by atoms with Gasteiger partial charge in [0.05, 0.1) is 24.6 Å². The third kappa shape index (κ3) is 3.06. The van der Waals surface area contributed by atoms with Crippen molar-refractivity contribution < 1.29 is 27.6 Å². The smallest absolute Gasteiger partial charge is 0.338 e. The van der Waals surface area contributed by atoms with Crippen LogP contribution in [0.4, 0.5) is 18.0 Å². The van der Waals surface area contributed by atoms with Crippen LogP contribution in [-0.4, -0.2) is 53.3 Å². The zero-order valence-corrected chi connectivity index (χ0v) is 12.5. The first-order valence-electron chi connectivity index (χ1n) is 7.29. The fraction of sp³-hybridized carbons (Fsp3) is 0.400. The van der Waals surface area contributed by atoms with E-state index in [2.05, 4.69) is 5.32 Å². The number of amides is 4. The molecule has 9 heteroatoms. The van der Waals surface area contributed by atoms with E-state index in [-0.39, 0.29) is 49.5 Å². The molecule has 1 aromatic rings. The van der Waals surface area contributed by atoms with Gasteiger partial charge in [-0.3, -0.25) is 14.5 Å². The summed E-state index contributed by atoms with van der Waals surface area (Å²) in [4.78, 5) is 37.7. The minimum Gasteiger partial charge on any atom is -0.338 e. The number of carbonyl (C=O) groups excluding carboxylic acids is 3. The van der Waals surface area contributed by atoms with Crippen LogP contribution in [0.25, 0.3) is 0 Å². The normalized spacial score (nSPS) is 18.6. The molecule has 0 aliphatic carbocycles. The van der Waals surface area contributed by atoms with Crippen molar-refractivity contribution in [3.63, 3.8) is 0 Å². The number of benzene rings is 1. The lowest BCUT2D eigenvalue weighted by Crippen LogP contribution is -2.62. The number of carbonyl (C=O) groups is 3. The highest BCUT2D eigenvalue weighted by molar-refractivity contribution is 6.02. The molecule has 6 nitrogen and oxygen atoms in total. The van der Waals surface area contributed by atoms with Gasteiger partial charge in [-0.05, 0) is 11.6 Å². The Morgan fingerprint density at radius 1 is 1.25 bits per heavy atom. The number of nitrogens with one attached hydrogen (secondary N) is 1. The highest BCUT2D eigenvalue weighted by Gasteiger charge is 2.42. The van der Waals surface area contributed by atoms with E-state index in [4.69, 9.17) is 0 Å². The summed E-state index contributed by atoms with van der Waals surface area (Å²) in [5.74, 6) is -0.674. The van der Waals surface area contributed by atoms with Gasteiger partial charge in [-0.1, -0.05) is 18.2 Å². The van der Waals surface area contributed by atoms with Gasteiger partial charge in [-0.25, -0.2) is 4.79 Å². The summed E-state index contributed by atoms with van der Waals surface area (Å²) in [5.41, 5.74) is -0.526. The quantitative estimate of drug-likeness (QED) is 0.835. The Hall–Kier alpha value is -2.58. The summed E-state index contributed by atoms with van der Waals surface area (Å²) in [6, 6.07) is 3.78. The Balaban J connectivity index is 1.58. The summed E-state index contributed by atoms with van der Waals surface area (Å²) >= 11 is 0. The molecule has 1 N–H and O–H groups in total. The van der Waals surface area contributed by atoms with Gasteiger partial charge in [0.25, 0.3) is 0 Å². The molecule has 2 heterocycles. The summed E-state index contributed by atoms with van der Waals surface area (Å²) in [6.45, 7) is 0.363. The van der Waals surface area contributed by atoms with E-state index < -0.39 is 17.8 Å². The van der Waals surface area contributed by atoms with Crippen molar-refractivity contribution in [2.45, 2.75) is 18.6 Å². The number of nitrogens with zero attached hydrogens (tertiary/aromatic N) is 2. The van der Waals surface area contributed by atoms with Gasteiger partial charge in [0.2, 0.25) is 11.8 Å². The van der Waals surface area contributed by atoms with Gasteiger partial charge < -0.3 is 10.2 Å². The summed E-state index contributed by atoms with van der Waals surface area (Å²) in [6.07, 6.45) is -4.61. The molecule has 2 saturated heterocycles. The molecule has 0 aromatic heterocycles. The molecule has 0 spiro atoms. The van der Waals surface area contributed by atoms with Crippen molar-refractivity contribution in [2.24, 2.45) is 0 Å². The number of hydrogen-bond acceptors (Lipinski definition) is 3. The second kappa shape index (κ2) is 5.81. The van der Waals surface area contributed by atoms with Crippen LogP contribution in [0.2, 0.25) is 0 Å². The molecule has 24 heavy (non-hydrogen) atoms. The first-order valence-corrected chi connectivity index (χ1v) is 7.29. The number of urea groups is 1. The van der Waals surface area contributed by atoms with Crippen LogP contribution in [0, 0.1) is 0 Å². The van der Waals surface area contributed by atoms with Gasteiger partial charge in [-0.15, -0.1) is 0 Å². The average Bonchev–Trinajstić information content (AvgIpc) is 2.77. The van der Waals surface area contributed by atoms with Crippen LogP contribution in [0.5, 0.6) is 0 Å². The van der Waals surface area contributed by atoms with Gasteiger partial charge in [0.1, 0.15) is 0 Å². The fourth-order valence-electron chi connectivity index (χ4n) is 2.77. The Bertz CT molecular complexity index is 683. The molecule has 3 rings (SSSR count). The van der Waals surface area contributed by atoms with E-state index >= 15 is 0 Å². The highest BCUT2D eigenvalue weighted by Crippen LogP contribution is 2.29. The molecule has 0 saturated carbocycles. The van der Waals surface area contributed by atoms with Crippen molar-refractivity contribution in [1.82, 2.24) is 15.1 Å². The second-order valence-corrected chi connectivity index (χ2v) is 5.75. The number of hydrogen-bond donors (Lipinski definition) is 1. The van der Waals surface area contributed by atoms with Crippen LogP contribution < -0.4 is 5.32 Å². The first kappa shape index (κ1) is 16.3. The topological polar surface area (TPSA) is 69.7 Å². The number of rotatable bonds is 3. The summed E-state index contributed by atoms with van der Waals surface area (Å²) in [7, 11) is 0. The van der Waals surface area contributed by atoms with Crippen molar-refractivity contribution >= 4 is 17.8 Å². The van der Waals surface area contributed by atoms with Crippen molar-refractivity contribution in [2.75, 3.05) is 19.6 Å². The Labute approximate surface area is 135 Å². The lowest BCUT2D eigenvalue weighted by molar-refractivity contribution is -0.141. The van der Waals surface area contributed by atoms with E-state index in [0.717, 1.165) is 17.0 Å². The lowest BCUT2D eigenvalue weighted by Gasteiger charge is -2.42. The average molecular weight is 341 g/mol. The minimum absolute atomic E-state index is 0.0481. The summed E-state index contributed by atoms with van der Waals surface area (Å²) < 4.78 is 38.0. The minimum atomic E-state index is -4.45. The predicted octanol–water partition coefficient (Wildman–Crippen LogP) is 1.01. The molecular weight excluding hydrogens is 327 g/mol. The largest absolute Gasteiger partial charge is 0.416 e. The molecule has 0 bridgehead atoms. The highest BCUT2D eigenvalue weighted by atomic mass is 19.4. The molecule has 2 aliphatic rings. The number of halogens is 3. The van der Waals surface area contributed by atoms with Crippen molar-refractivity contribution in [1.29, 1.82) is 0 Å². The van der Waals surface area contributed by atoms with E-state index in [1.165, 1.54) is 17.0 Å².